The number of benzene rings is 1. The topological polar surface area (TPSA) is 142 Å². The van der Waals surface area contributed by atoms with Crippen LogP contribution in [0.25, 0.3) is 10.9 Å². The van der Waals surface area contributed by atoms with E-state index in [1.807, 2.05) is 32.3 Å². The molecule has 13 heteroatoms. The lowest BCUT2D eigenvalue weighted by molar-refractivity contribution is -0.260. The standard InChI is InChI=1S/C23H30N2O6.C2HF3O2/c1-21(2)18(31-23-19(17(26)12-29-23)30-20(27)22(21,23)28)11-16-14(9-10-25(3)4)13-7-5-6-8-15(13)24-16;3-2(4,5)1(6)7/h5-8,17-19,24,26,28H,9-12H2,1-4H3;(H,6,7)/t17-,18-,19+,22-,23+;/m0./s1. The van der Waals surface area contributed by atoms with Gasteiger partial charge in [0.1, 0.15) is 6.10 Å². The molecule has 3 fully saturated rings. The number of hydrogen-bond donors (Lipinski definition) is 4. The Bertz CT molecular complexity index is 1230. The molecule has 1 spiro atoms. The quantitative estimate of drug-likeness (QED) is 0.413. The number of carboxylic acids is 1. The molecule has 5 atom stereocenters. The second-order valence-electron chi connectivity index (χ2n) is 10.6. The van der Waals surface area contributed by atoms with Crippen molar-refractivity contribution in [2.45, 2.75) is 62.6 Å². The van der Waals surface area contributed by atoms with E-state index in [1.165, 1.54) is 5.56 Å². The maximum atomic E-state index is 12.8. The van der Waals surface area contributed by atoms with Gasteiger partial charge in [-0.1, -0.05) is 32.0 Å². The molecular weight excluding hydrogens is 513 g/mol. The van der Waals surface area contributed by atoms with Crippen LogP contribution in [-0.2, 0) is 36.6 Å². The second kappa shape index (κ2) is 9.49. The highest BCUT2D eigenvalue weighted by molar-refractivity contribution is 5.86. The van der Waals surface area contributed by atoms with Crippen LogP contribution in [0.3, 0.4) is 0 Å². The number of likely N-dealkylation sites (N-methyl/N-ethyl adjacent to an activating group) is 1. The average Bonchev–Trinajstić information content (AvgIpc) is 3.45. The largest absolute Gasteiger partial charge is 0.490 e. The molecule has 3 aliphatic rings. The van der Waals surface area contributed by atoms with Crippen molar-refractivity contribution in [1.29, 1.82) is 0 Å². The van der Waals surface area contributed by atoms with Gasteiger partial charge in [-0.25, -0.2) is 9.59 Å². The van der Waals surface area contributed by atoms with Gasteiger partial charge >= 0.3 is 18.1 Å². The van der Waals surface area contributed by atoms with E-state index < -0.39 is 53.2 Å². The summed E-state index contributed by atoms with van der Waals surface area (Å²) in [7, 11) is 4.09. The summed E-state index contributed by atoms with van der Waals surface area (Å²) >= 11 is 0. The third kappa shape index (κ3) is 4.26. The van der Waals surface area contributed by atoms with E-state index in [2.05, 4.69) is 16.0 Å². The number of aliphatic carboxylic acids is 1. The van der Waals surface area contributed by atoms with Crippen LogP contribution in [-0.4, -0.2) is 100 Å². The number of para-hydroxylation sites is 1. The Morgan fingerprint density at radius 1 is 1.24 bits per heavy atom. The molecule has 1 aromatic heterocycles. The third-order valence-electron chi connectivity index (χ3n) is 7.62. The number of carbonyl (C=O) groups is 2. The van der Waals surface area contributed by atoms with Gasteiger partial charge in [0.05, 0.1) is 12.7 Å². The Balaban J connectivity index is 0.000000426. The minimum atomic E-state index is -5.08. The van der Waals surface area contributed by atoms with Crippen molar-refractivity contribution in [1.82, 2.24) is 9.88 Å². The first kappa shape index (κ1) is 28.3. The first-order valence-corrected chi connectivity index (χ1v) is 12.0. The lowest BCUT2D eigenvalue weighted by Crippen LogP contribution is -2.60. The normalized spacial score (nSPS) is 31.6. The molecule has 0 unspecified atom stereocenters. The van der Waals surface area contributed by atoms with Gasteiger partial charge in [-0.3, -0.25) is 0 Å². The monoisotopic (exact) mass is 544 g/mol. The Morgan fingerprint density at radius 2 is 1.87 bits per heavy atom. The van der Waals surface area contributed by atoms with Crippen LogP contribution in [0.1, 0.15) is 25.1 Å². The van der Waals surface area contributed by atoms with Crippen molar-refractivity contribution in [3.05, 3.63) is 35.5 Å². The predicted octanol–water partition coefficient (Wildman–Crippen LogP) is 1.62. The van der Waals surface area contributed by atoms with Crippen LogP contribution < -0.4 is 0 Å². The first-order valence-electron chi connectivity index (χ1n) is 12.0. The van der Waals surface area contributed by atoms with Crippen LogP contribution in [0.2, 0.25) is 0 Å². The van der Waals surface area contributed by atoms with E-state index in [0.29, 0.717) is 6.42 Å². The first-order chi connectivity index (χ1) is 17.6. The van der Waals surface area contributed by atoms with Crippen molar-refractivity contribution < 1.29 is 52.3 Å². The minimum absolute atomic E-state index is 0.0521. The predicted molar refractivity (Wildman–Crippen MR) is 126 cm³/mol. The van der Waals surface area contributed by atoms with E-state index in [1.54, 1.807) is 13.8 Å². The van der Waals surface area contributed by atoms with E-state index in [9.17, 15) is 28.2 Å². The fraction of sp³-hybridized carbons (Fsp3) is 0.600. The van der Waals surface area contributed by atoms with Crippen molar-refractivity contribution >= 4 is 22.8 Å². The Hall–Kier alpha value is -2.71. The van der Waals surface area contributed by atoms with Crippen LogP contribution in [0.15, 0.2) is 24.3 Å². The van der Waals surface area contributed by atoms with Crippen LogP contribution >= 0.6 is 0 Å². The number of hydrogen-bond acceptors (Lipinski definition) is 8. The highest BCUT2D eigenvalue weighted by atomic mass is 19.4. The molecule has 38 heavy (non-hydrogen) atoms. The molecule has 1 aromatic carbocycles. The number of halogens is 3. The molecule has 3 aliphatic heterocycles. The van der Waals surface area contributed by atoms with Gasteiger partial charge in [0.2, 0.25) is 5.60 Å². The molecule has 210 valence electrons. The van der Waals surface area contributed by atoms with Gasteiger partial charge in [0, 0.05) is 35.0 Å². The van der Waals surface area contributed by atoms with E-state index in [4.69, 9.17) is 24.1 Å². The van der Waals surface area contributed by atoms with Gasteiger partial charge < -0.3 is 39.4 Å². The molecule has 0 saturated carbocycles. The summed E-state index contributed by atoms with van der Waals surface area (Å²) in [4.78, 5) is 27.3. The molecule has 4 heterocycles. The number of aromatic amines is 1. The number of aromatic nitrogens is 1. The van der Waals surface area contributed by atoms with Gasteiger partial charge in [0.25, 0.3) is 5.79 Å². The van der Waals surface area contributed by atoms with Gasteiger partial charge in [0.15, 0.2) is 6.10 Å². The van der Waals surface area contributed by atoms with Crippen molar-refractivity contribution in [2.24, 2.45) is 5.41 Å². The molecule has 10 nitrogen and oxygen atoms in total. The van der Waals surface area contributed by atoms with Crippen molar-refractivity contribution in [3.63, 3.8) is 0 Å². The number of aliphatic hydroxyl groups excluding tert-OH is 1. The summed E-state index contributed by atoms with van der Waals surface area (Å²) in [5, 5.41) is 30.2. The Kier molecular flexibility index (Phi) is 7.07. The molecule has 2 aromatic rings. The number of aliphatic hydroxyl groups is 2. The number of nitrogens with zero attached hydrogens (tertiary/aromatic N) is 1. The average molecular weight is 545 g/mol. The highest BCUT2D eigenvalue weighted by Gasteiger charge is 2.84. The van der Waals surface area contributed by atoms with Crippen LogP contribution in [0, 0.1) is 5.41 Å². The zero-order valence-corrected chi connectivity index (χ0v) is 21.3. The highest BCUT2D eigenvalue weighted by Crippen LogP contribution is 2.61. The number of H-pyrrole nitrogens is 1. The zero-order chi connectivity index (χ0) is 28.3. The summed E-state index contributed by atoms with van der Waals surface area (Å²) in [5.41, 5.74) is 0.270. The van der Waals surface area contributed by atoms with E-state index >= 15 is 0 Å². The number of rotatable bonds is 5. The van der Waals surface area contributed by atoms with Crippen molar-refractivity contribution in [2.75, 3.05) is 27.2 Å². The zero-order valence-electron chi connectivity index (χ0n) is 21.3. The number of nitrogens with one attached hydrogen (secondary N) is 1. The third-order valence-corrected chi connectivity index (χ3v) is 7.62. The number of esters is 1. The fourth-order valence-corrected chi connectivity index (χ4v) is 5.46. The molecule has 0 bridgehead atoms. The Labute approximate surface area is 216 Å². The van der Waals surface area contributed by atoms with Crippen LogP contribution in [0.4, 0.5) is 13.2 Å². The van der Waals surface area contributed by atoms with Gasteiger partial charge in [-0.2, -0.15) is 13.2 Å². The number of carbonyl (C=O) groups excluding carboxylic acids is 1. The summed E-state index contributed by atoms with van der Waals surface area (Å²) in [6.07, 6.45) is -6.35. The molecule has 4 N–H and O–H groups in total. The minimum Gasteiger partial charge on any atom is -0.475 e. The lowest BCUT2D eigenvalue weighted by Gasteiger charge is -2.35. The SMILES string of the molecule is CN(C)CCc1c(C[C@@H]2O[C@]34OC[C@H](O)[C@H]3OC(=O)[C@]4(O)C2(C)C)[nH]c2ccccc12.O=C(O)C(F)(F)F. The molecular formula is C25H31F3N2O8. The number of alkyl halides is 3. The number of ether oxygens (including phenoxy) is 3. The van der Waals surface area contributed by atoms with Gasteiger partial charge in [-0.05, 0) is 32.1 Å². The summed E-state index contributed by atoms with van der Waals surface area (Å²) < 4.78 is 49.2. The molecule has 0 radical (unpaired) electrons. The van der Waals surface area contributed by atoms with Crippen LogP contribution in [0.5, 0.6) is 0 Å². The van der Waals surface area contributed by atoms with E-state index in [0.717, 1.165) is 29.6 Å². The fourth-order valence-electron chi connectivity index (χ4n) is 5.46. The van der Waals surface area contributed by atoms with E-state index in [-0.39, 0.29) is 6.61 Å². The Morgan fingerprint density at radius 3 is 2.47 bits per heavy atom. The second-order valence-corrected chi connectivity index (χ2v) is 10.6. The van der Waals surface area contributed by atoms with Crippen molar-refractivity contribution in [3.8, 4) is 0 Å². The molecule has 0 aliphatic carbocycles. The summed E-state index contributed by atoms with van der Waals surface area (Å²) in [5.74, 6) is -5.24. The number of fused-ring (bicyclic) bond motifs is 1. The molecule has 3 saturated heterocycles. The number of carboxylic acid groups (broad SMARTS) is 1. The summed E-state index contributed by atoms with van der Waals surface area (Å²) in [6.45, 7) is 4.43. The smallest absolute Gasteiger partial charge is 0.475 e. The molecule has 5 rings (SSSR count). The lowest BCUT2D eigenvalue weighted by atomic mass is 9.68. The molecule has 0 amide bonds. The maximum Gasteiger partial charge on any atom is 0.490 e. The maximum absolute atomic E-state index is 12.8. The summed E-state index contributed by atoms with van der Waals surface area (Å²) in [6, 6.07) is 8.17. The van der Waals surface area contributed by atoms with Gasteiger partial charge in [-0.15, -0.1) is 0 Å².